The molecule has 1 atom stereocenters. The third-order valence-corrected chi connectivity index (χ3v) is 6.58. The smallest absolute Gasteiger partial charge is 0.265 e. The molecule has 8 heteroatoms. The van der Waals surface area contributed by atoms with Gasteiger partial charge in [0.15, 0.2) is 0 Å². The number of piperazine rings is 1. The fraction of sp³-hybridized carbons (Fsp3) is 0.353. The summed E-state index contributed by atoms with van der Waals surface area (Å²) in [6, 6.07) is 10.8. The fourth-order valence-corrected chi connectivity index (χ4v) is 5.21. The third kappa shape index (κ3) is 2.76. The Morgan fingerprint density at radius 1 is 1.24 bits per heavy atom. The normalized spacial score (nSPS) is 21.2. The average Bonchev–Trinajstić information content (AvgIpc) is 2.79. The van der Waals surface area contributed by atoms with Crippen LogP contribution >= 0.6 is 12.4 Å². The zero-order chi connectivity index (χ0) is 16.9. The van der Waals surface area contributed by atoms with E-state index in [1.165, 1.54) is 4.31 Å². The maximum atomic E-state index is 12.9. The molecule has 0 unspecified atom stereocenters. The highest BCUT2D eigenvalue weighted by Crippen LogP contribution is 2.41. The van der Waals surface area contributed by atoms with Gasteiger partial charge in [-0.3, -0.25) is 9.10 Å². The molecule has 0 aliphatic carbocycles. The molecule has 0 radical (unpaired) electrons. The van der Waals surface area contributed by atoms with Crippen LogP contribution in [0.5, 0.6) is 0 Å². The van der Waals surface area contributed by atoms with Crippen molar-refractivity contribution in [3.8, 4) is 0 Å². The van der Waals surface area contributed by atoms with Crippen LogP contribution in [-0.4, -0.2) is 51.4 Å². The highest BCUT2D eigenvalue weighted by atomic mass is 35.5. The number of hydrogen-bond acceptors (Lipinski definition) is 4. The monoisotopic (exact) mass is 381 g/mol. The van der Waals surface area contributed by atoms with Crippen LogP contribution in [-0.2, 0) is 14.8 Å². The maximum absolute atomic E-state index is 12.9. The lowest BCUT2D eigenvalue weighted by molar-refractivity contribution is -0.132. The Kier molecular flexibility index (Phi) is 4.66. The molecule has 6 nitrogen and oxygen atoms in total. The summed E-state index contributed by atoms with van der Waals surface area (Å²) < 4.78 is 27.1. The molecule has 2 heterocycles. The SMILES string of the molecule is C[C@@H]1CNCCN1C(=O)CN1c2cccc3cccc(c23)S1(=O)=O.Cl. The highest BCUT2D eigenvalue weighted by molar-refractivity contribution is 7.93. The number of amides is 1. The van der Waals surface area contributed by atoms with Gasteiger partial charge in [0, 0.05) is 31.1 Å². The number of hydrogen-bond donors (Lipinski definition) is 1. The van der Waals surface area contributed by atoms with Crippen LogP contribution in [0.2, 0.25) is 0 Å². The van der Waals surface area contributed by atoms with Gasteiger partial charge in [0.1, 0.15) is 6.54 Å². The molecule has 25 heavy (non-hydrogen) atoms. The Morgan fingerprint density at radius 3 is 2.68 bits per heavy atom. The Hall–Kier alpha value is -1.83. The molecule has 1 N–H and O–H groups in total. The minimum atomic E-state index is -3.68. The van der Waals surface area contributed by atoms with Gasteiger partial charge in [-0.05, 0) is 24.4 Å². The summed E-state index contributed by atoms with van der Waals surface area (Å²) >= 11 is 0. The van der Waals surface area contributed by atoms with E-state index in [2.05, 4.69) is 5.32 Å². The Bertz CT molecular complexity index is 927. The summed E-state index contributed by atoms with van der Waals surface area (Å²) in [5.74, 6) is -0.155. The Labute approximate surface area is 153 Å². The van der Waals surface area contributed by atoms with Crippen molar-refractivity contribution in [2.75, 3.05) is 30.5 Å². The van der Waals surface area contributed by atoms with E-state index in [4.69, 9.17) is 0 Å². The predicted molar refractivity (Wildman–Crippen MR) is 99.8 cm³/mol. The Morgan fingerprint density at radius 2 is 1.96 bits per heavy atom. The van der Waals surface area contributed by atoms with Crippen molar-refractivity contribution in [1.82, 2.24) is 10.2 Å². The van der Waals surface area contributed by atoms with Crippen LogP contribution in [0.3, 0.4) is 0 Å². The molecule has 1 saturated heterocycles. The van der Waals surface area contributed by atoms with E-state index in [0.717, 1.165) is 18.5 Å². The van der Waals surface area contributed by atoms with E-state index < -0.39 is 10.0 Å². The minimum absolute atomic E-state index is 0. The molecular weight excluding hydrogens is 362 g/mol. The van der Waals surface area contributed by atoms with E-state index in [-0.39, 0.29) is 35.8 Å². The van der Waals surface area contributed by atoms with Crippen LogP contribution in [0.25, 0.3) is 10.8 Å². The van der Waals surface area contributed by atoms with Crippen molar-refractivity contribution in [3.63, 3.8) is 0 Å². The number of nitrogens with zero attached hydrogens (tertiary/aromatic N) is 2. The predicted octanol–water partition coefficient (Wildman–Crippen LogP) is 1.59. The number of carbonyl (C=O) groups excluding carboxylic acids is 1. The summed E-state index contributed by atoms with van der Waals surface area (Å²) in [5, 5.41) is 4.82. The molecule has 134 valence electrons. The van der Waals surface area contributed by atoms with Gasteiger partial charge in [-0.2, -0.15) is 0 Å². The summed E-state index contributed by atoms with van der Waals surface area (Å²) in [6.07, 6.45) is 0. The molecule has 0 aromatic heterocycles. The zero-order valence-corrected chi connectivity index (χ0v) is 15.4. The molecule has 2 aromatic carbocycles. The lowest BCUT2D eigenvalue weighted by atomic mass is 10.1. The van der Waals surface area contributed by atoms with Gasteiger partial charge in [0.25, 0.3) is 10.0 Å². The summed E-state index contributed by atoms with van der Waals surface area (Å²) in [7, 11) is -3.68. The van der Waals surface area contributed by atoms with Crippen molar-refractivity contribution in [3.05, 3.63) is 36.4 Å². The molecule has 4 rings (SSSR count). The van der Waals surface area contributed by atoms with Crippen molar-refractivity contribution in [2.24, 2.45) is 0 Å². The largest absolute Gasteiger partial charge is 0.336 e. The zero-order valence-electron chi connectivity index (χ0n) is 13.8. The standard InChI is InChI=1S/C17H19N3O3S.ClH/c1-12-10-18-8-9-19(12)16(21)11-20-14-6-2-4-13-5-3-7-15(17(13)14)24(20,22)23;/h2-7,12,18H,8-11H2,1H3;1H/t12-;/m1./s1. The van der Waals surface area contributed by atoms with Gasteiger partial charge >= 0.3 is 0 Å². The number of rotatable bonds is 2. The first-order chi connectivity index (χ1) is 11.5. The maximum Gasteiger partial charge on any atom is 0.265 e. The highest BCUT2D eigenvalue weighted by Gasteiger charge is 2.38. The molecular formula is C17H20ClN3O3S. The van der Waals surface area contributed by atoms with E-state index in [1.54, 1.807) is 23.1 Å². The van der Waals surface area contributed by atoms with E-state index in [9.17, 15) is 13.2 Å². The first-order valence-corrected chi connectivity index (χ1v) is 9.49. The summed E-state index contributed by atoms with van der Waals surface area (Å²) in [5.41, 5.74) is 0.597. The van der Waals surface area contributed by atoms with Gasteiger partial charge in [-0.1, -0.05) is 24.3 Å². The van der Waals surface area contributed by atoms with Gasteiger partial charge in [0.2, 0.25) is 5.91 Å². The number of sulfonamides is 1. The molecule has 0 saturated carbocycles. The number of halogens is 1. The molecule has 1 amide bonds. The van der Waals surface area contributed by atoms with E-state index in [0.29, 0.717) is 17.6 Å². The molecule has 0 spiro atoms. The van der Waals surface area contributed by atoms with Crippen molar-refractivity contribution >= 4 is 44.8 Å². The van der Waals surface area contributed by atoms with Crippen molar-refractivity contribution < 1.29 is 13.2 Å². The summed E-state index contributed by atoms with van der Waals surface area (Å²) in [6.45, 7) is 3.89. The lowest BCUT2D eigenvalue weighted by Gasteiger charge is -2.35. The number of carbonyl (C=O) groups is 1. The van der Waals surface area contributed by atoms with Crippen LogP contribution in [0.1, 0.15) is 6.92 Å². The van der Waals surface area contributed by atoms with Crippen LogP contribution in [0.15, 0.2) is 41.3 Å². The topological polar surface area (TPSA) is 69.7 Å². The average molecular weight is 382 g/mol. The Balaban J connectivity index is 0.00000182. The summed E-state index contributed by atoms with van der Waals surface area (Å²) in [4.78, 5) is 14.8. The molecule has 1 fully saturated rings. The second kappa shape index (κ2) is 6.48. The number of nitrogens with one attached hydrogen (secondary N) is 1. The van der Waals surface area contributed by atoms with E-state index in [1.807, 2.05) is 25.1 Å². The quantitative estimate of drug-likeness (QED) is 0.857. The van der Waals surface area contributed by atoms with Crippen LogP contribution in [0.4, 0.5) is 5.69 Å². The number of benzene rings is 2. The second-order valence-electron chi connectivity index (χ2n) is 6.28. The van der Waals surface area contributed by atoms with Crippen molar-refractivity contribution in [1.29, 1.82) is 0 Å². The van der Waals surface area contributed by atoms with Crippen molar-refractivity contribution in [2.45, 2.75) is 17.9 Å². The molecule has 2 aliphatic rings. The van der Waals surface area contributed by atoms with Gasteiger partial charge in [-0.15, -0.1) is 12.4 Å². The first kappa shape index (κ1) is 18.0. The number of anilines is 1. The molecule has 0 bridgehead atoms. The first-order valence-electron chi connectivity index (χ1n) is 8.05. The van der Waals surface area contributed by atoms with Gasteiger partial charge in [0.05, 0.1) is 10.6 Å². The van der Waals surface area contributed by atoms with Crippen LogP contribution < -0.4 is 9.62 Å². The third-order valence-electron chi connectivity index (χ3n) is 4.78. The van der Waals surface area contributed by atoms with E-state index >= 15 is 0 Å². The molecule has 2 aromatic rings. The minimum Gasteiger partial charge on any atom is -0.336 e. The molecule has 2 aliphatic heterocycles. The van der Waals surface area contributed by atoms with Gasteiger partial charge in [-0.25, -0.2) is 8.42 Å². The van der Waals surface area contributed by atoms with Crippen LogP contribution in [0, 0.1) is 0 Å². The lowest BCUT2D eigenvalue weighted by Crippen LogP contribution is -2.54. The van der Waals surface area contributed by atoms with Gasteiger partial charge < -0.3 is 10.2 Å². The fourth-order valence-electron chi connectivity index (χ4n) is 3.55. The second-order valence-corrected chi connectivity index (χ2v) is 8.11.